The molecule has 2 heterocycles. The highest BCUT2D eigenvalue weighted by molar-refractivity contribution is 7.98. The lowest BCUT2D eigenvalue weighted by Crippen LogP contribution is -2.08. The molecule has 0 aliphatic carbocycles. The zero-order valence-electron chi connectivity index (χ0n) is 14.0. The summed E-state index contributed by atoms with van der Waals surface area (Å²) in [6.45, 7) is 5.55. The van der Waals surface area contributed by atoms with Crippen LogP contribution in [-0.4, -0.2) is 43.5 Å². The van der Waals surface area contributed by atoms with Crippen LogP contribution in [0.4, 0.5) is 0 Å². The van der Waals surface area contributed by atoms with Crippen molar-refractivity contribution in [2.75, 3.05) is 13.7 Å². The number of aryl methyl sites for hydroxylation is 1. The molecule has 0 atom stereocenters. The van der Waals surface area contributed by atoms with Crippen molar-refractivity contribution in [3.05, 3.63) is 47.5 Å². The molecule has 0 unspecified atom stereocenters. The Morgan fingerprint density at radius 2 is 1.96 bits per heavy atom. The monoisotopic (exact) mass is 344 g/mol. The average molecular weight is 344 g/mol. The van der Waals surface area contributed by atoms with Crippen LogP contribution in [0.1, 0.15) is 17.2 Å². The summed E-state index contributed by atoms with van der Waals surface area (Å²) in [4.78, 5) is 4.66. The number of methoxy groups -OCH3 is 1. The lowest BCUT2D eigenvalue weighted by Gasteiger charge is -2.09. The highest BCUT2D eigenvalue weighted by Crippen LogP contribution is 2.24. The fraction of sp³-hybridized carbons (Fsp3) is 0.375. The van der Waals surface area contributed by atoms with Gasteiger partial charge in [0, 0.05) is 19.3 Å². The second-order valence-electron chi connectivity index (χ2n) is 5.34. The maximum Gasteiger partial charge on any atom is 0.168 e. The topological polar surface area (TPSA) is 70.7 Å². The molecule has 0 aliphatic rings. The van der Waals surface area contributed by atoms with E-state index in [0.29, 0.717) is 12.4 Å². The molecule has 126 valence electrons. The Morgan fingerprint density at radius 3 is 2.71 bits per heavy atom. The van der Waals surface area contributed by atoms with Crippen molar-refractivity contribution in [1.29, 1.82) is 0 Å². The Labute approximate surface area is 145 Å². The molecule has 2 aromatic heterocycles. The van der Waals surface area contributed by atoms with E-state index in [9.17, 15) is 0 Å². The number of thioether (sulfide) groups is 1. The predicted molar refractivity (Wildman–Crippen MR) is 92.3 cm³/mol. The molecule has 0 amide bonds. The van der Waals surface area contributed by atoms with Crippen LogP contribution >= 0.6 is 11.8 Å². The second kappa shape index (κ2) is 7.59. The molecule has 0 spiro atoms. The van der Waals surface area contributed by atoms with Crippen LogP contribution in [0.2, 0.25) is 0 Å². The molecule has 24 heavy (non-hydrogen) atoms. The molecule has 3 rings (SSSR count). The minimum atomic E-state index is 0.644. The molecule has 0 radical (unpaired) electrons. The number of tetrazole rings is 1. The van der Waals surface area contributed by atoms with Crippen LogP contribution in [-0.2, 0) is 17.0 Å². The van der Waals surface area contributed by atoms with Gasteiger partial charge >= 0.3 is 0 Å². The van der Waals surface area contributed by atoms with Gasteiger partial charge in [0.05, 0.1) is 23.7 Å². The summed E-state index contributed by atoms with van der Waals surface area (Å²) < 4.78 is 9.14. The summed E-state index contributed by atoms with van der Waals surface area (Å²) in [5.41, 5.74) is 3.15. The van der Waals surface area contributed by atoms with Gasteiger partial charge in [0.2, 0.25) is 0 Å². The van der Waals surface area contributed by atoms with E-state index >= 15 is 0 Å². The third-order valence-corrected chi connectivity index (χ3v) is 4.78. The number of hydrogen-bond acceptors (Lipinski definition) is 6. The van der Waals surface area contributed by atoms with Gasteiger partial charge in [-0.1, -0.05) is 30.0 Å². The lowest BCUT2D eigenvalue weighted by atomic mass is 10.3. The third-order valence-electron chi connectivity index (χ3n) is 3.81. The highest BCUT2D eigenvalue weighted by atomic mass is 32.2. The number of hydrogen-bond donors (Lipinski definition) is 0. The molecular weight excluding hydrogens is 324 g/mol. The van der Waals surface area contributed by atoms with Crippen molar-refractivity contribution in [2.24, 2.45) is 0 Å². The highest BCUT2D eigenvalue weighted by Gasteiger charge is 2.14. The number of benzene rings is 1. The van der Waals surface area contributed by atoms with Gasteiger partial charge in [-0.25, -0.2) is 4.98 Å². The molecule has 0 N–H and O–H groups in total. The number of rotatable bonds is 7. The van der Waals surface area contributed by atoms with Crippen LogP contribution < -0.4 is 0 Å². The number of nitrogens with zero attached hydrogens (tertiary/aromatic N) is 6. The van der Waals surface area contributed by atoms with Gasteiger partial charge in [0.1, 0.15) is 0 Å². The Bertz CT molecular complexity index is 798. The zero-order valence-corrected chi connectivity index (χ0v) is 14.8. The van der Waals surface area contributed by atoms with Crippen molar-refractivity contribution in [3.63, 3.8) is 0 Å². The standard InChI is InChI=1S/C16H20N6OS/c1-12-13(2)21(9-10-23-3)16(17-12)24-11-15-18-19-20-22(15)14-7-5-4-6-8-14/h4-8H,9-11H2,1-3H3. The predicted octanol–water partition coefficient (Wildman–Crippen LogP) is 2.41. The number of ether oxygens (including phenoxy) is 1. The molecule has 0 saturated heterocycles. The first-order chi connectivity index (χ1) is 11.7. The molecular formula is C16H20N6OS. The maximum absolute atomic E-state index is 5.20. The van der Waals surface area contributed by atoms with E-state index in [1.54, 1.807) is 23.6 Å². The van der Waals surface area contributed by atoms with Crippen LogP contribution in [0.5, 0.6) is 0 Å². The number of imidazole rings is 1. The van der Waals surface area contributed by atoms with Gasteiger partial charge in [0.15, 0.2) is 11.0 Å². The van der Waals surface area contributed by atoms with Crippen molar-refractivity contribution in [3.8, 4) is 5.69 Å². The first kappa shape index (κ1) is 16.7. The van der Waals surface area contributed by atoms with Gasteiger partial charge in [-0.15, -0.1) is 5.10 Å². The lowest BCUT2D eigenvalue weighted by molar-refractivity contribution is 0.184. The fourth-order valence-corrected chi connectivity index (χ4v) is 3.40. The van der Waals surface area contributed by atoms with E-state index < -0.39 is 0 Å². The van der Waals surface area contributed by atoms with Crippen molar-refractivity contribution < 1.29 is 4.74 Å². The third kappa shape index (κ3) is 3.49. The quantitative estimate of drug-likeness (QED) is 0.613. The van der Waals surface area contributed by atoms with E-state index in [1.165, 1.54) is 0 Å². The molecule has 0 fully saturated rings. The first-order valence-electron chi connectivity index (χ1n) is 7.69. The second-order valence-corrected chi connectivity index (χ2v) is 6.28. The zero-order chi connectivity index (χ0) is 16.9. The molecule has 8 heteroatoms. The molecule has 7 nitrogen and oxygen atoms in total. The number of aromatic nitrogens is 6. The largest absolute Gasteiger partial charge is 0.383 e. The molecule has 3 aromatic rings. The summed E-state index contributed by atoms with van der Waals surface area (Å²) in [6, 6.07) is 9.88. The van der Waals surface area contributed by atoms with Crippen LogP contribution in [0, 0.1) is 13.8 Å². The van der Waals surface area contributed by atoms with E-state index in [0.717, 1.165) is 34.6 Å². The van der Waals surface area contributed by atoms with E-state index in [4.69, 9.17) is 4.74 Å². The first-order valence-corrected chi connectivity index (χ1v) is 8.67. The van der Waals surface area contributed by atoms with Crippen molar-refractivity contribution in [1.82, 2.24) is 29.8 Å². The van der Waals surface area contributed by atoms with Gasteiger partial charge in [-0.05, 0) is 36.4 Å². The van der Waals surface area contributed by atoms with Gasteiger partial charge in [0.25, 0.3) is 0 Å². The Balaban J connectivity index is 1.78. The fourth-order valence-electron chi connectivity index (χ4n) is 2.37. The molecule has 0 bridgehead atoms. The Kier molecular flexibility index (Phi) is 5.27. The summed E-state index contributed by atoms with van der Waals surface area (Å²) in [5, 5.41) is 13.0. The maximum atomic E-state index is 5.20. The average Bonchev–Trinajstić information content (AvgIpc) is 3.18. The summed E-state index contributed by atoms with van der Waals surface area (Å²) in [6.07, 6.45) is 0. The van der Waals surface area contributed by atoms with Crippen LogP contribution in [0.25, 0.3) is 5.69 Å². The Hall–Kier alpha value is -2.19. The van der Waals surface area contributed by atoms with E-state index in [2.05, 4.69) is 32.0 Å². The van der Waals surface area contributed by atoms with Crippen LogP contribution in [0.3, 0.4) is 0 Å². The van der Waals surface area contributed by atoms with Crippen molar-refractivity contribution >= 4 is 11.8 Å². The van der Waals surface area contributed by atoms with Gasteiger partial charge in [-0.3, -0.25) is 0 Å². The number of para-hydroxylation sites is 1. The SMILES string of the molecule is COCCn1c(SCc2nnnn2-c2ccccc2)nc(C)c1C. The minimum Gasteiger partial charge on any atom is -0.383 e. The summed E-state index contributed by atoms with van der Waals surface area (Å²) in [5.74, 6) is 1.44. The molecule has 0 aliphatic heterocycles. The minimum absolute atomic E-state index is 0.644. The van der Waals surface area contributed by atoms with E-state index in [1.807, 2.05) is 37.3 Å². The molecule has 0 saturated carbocycles. The normalized spacial score (nSPS) is 11.1. The van der Waals surface area contributed by atoms with E-state index in [-0.39, 0.29) is 0 Å². The van der Waals surface area contributed by atoms with Crippen LogP contribution in [0.15, 0.2) is 35.5 Å². The van der Waals surface area contributed by atoms with Gasteiger partial charge in [-0.2, -0.15) is 4.68 Å². The van der Waals surface area contributed by atoms with Gasteiger partial charge < -0.3 is 9.30 Å². The smallest absolute Gasteiger partial charge is 0.168 e. The Morgan fingerprint density at radius 1 is 1.17 bits per heavy atom. The summed E-state index contributed by atoms with van der Waals surface area (Å²) in [7, 11) is 1.71. The summed E-state index contributed by atoms with van der Waals surface area (Å²) >= 11 is 1.63. The van der Waals surface area contributed by atoms with Crippen molar-refractivity contribution in [2.45, 2.75) is 31.3 Å². The molecule has 1 aromatic carbocycles.